The van der Waals surface area contributed by atoms with Crippen molar-refractivity contribution in [3.05, 3.63) is 59.0 Å². The highest BCUT2D eigenvalue weighted by Gasteiger charge is 2.04. The summed E-state index contributed by atoms with van der Waals surface area (Å²) in [4.78, 5) is 4.06. The van der Waals surface area contributed by atoms with Gasteiger partial charge in [0.15, 0.2) is 0 Å². The third-order valence-corrected chi connectivity index (χ3v) is 2.44. The van der Waals surface area contributed by atoms with E-state index in [2.05, 4.69) is 4.98 Å². The molecule has 4 heteroatoms. The molecule has 0 saturated heterocycles. The van der Waals surface area contributed by atoms with E-state index >= 15 is 0 Å². The Morgan fingerprint density at radius 2 is 2.17 bits per heavy atom. The maximum atomic E-state index is 13.6. The van der Waals surface area contributed by atoms with Crippen LogP contribution in [0, 0.1) is 24.1 Å². The van der Waals surface area contributed by atoms with E-state index in [0.717, 1.165) is 5.56 Å². The summed E-state index contributed by atoms with van der Waals surface area (Å²) in [6, 6.07) is 9.79. The second kappa shape index (κ2) is 5.28. The third kappa shape index (κ3) is 2.83. The minimum Gasteiger partial charge on any atom is -0.473 e. The molecule has 0 aliphatic heterocycles. The van der Waals surface area contributed by atoms with Gasteiger partial charge >= 0.3 is 0 Å². The second-order valence-corrected chi connectivity index (χ2v) is 3.88. The smallest absolute Gasteiger partial charge is 0.213 e. The van der Waals surface area contributed by atoms with Crippen LogP contribution in [0.15, 0.2) is 36.5 Å². The van der Waals surface area contributed by atoms with Crippen molar-refractivity contribution < 1.29 is 9.13 Å². The summed E-state index contributed by atoms with van der Waals surface area (Å²) < 4.78 is 18.9. The fourth-order valence-corrected chi connectivity index (χ4v) is 1.43. The molecular weight excluding hydrogens is 231 g/mol. The zero-order chi connectivity index (χ0) is 13.0. The van der Waals surface area contributed by atoms with Crippen LogP contribution in [0.3, 0.4) is 0 Å². The molecule has 90 valence electrons. The quantitative estimate of drug-likeness (QED) is 0.831. The molecule has 0 atom stereocenters. The highest BCUT2D eigenvalue weighted by Crippen LogP contribution is 2.13. The molecule has 1 aromatic heterocycles. The summed E-state index contributed by atoms with van der Waals surface area (Å²) in [5, 5.41) is 8.63. The van der Waals surface area contributed by atoms with Crippen molar-refractivity contribution in [2.45, 2.75) is 13.5 Å². The van der Waals surface area contributed by atoms with Crippen molar-refractivity contribution in [3.63, 3.8) is 0 Å². The van der Waals surface area contributed by atoms with Crippen LogP contribution in [-0.2, 0) is 6.61 Å². The van der Waals surface area contributed by atoms with Crippen molar-refractivity contribution in [2.24, 2.45) is 0 Å². The van der Waals surface area contributed by atoms with Crippen LogP contribution < -0.4 is 4.74 Å². The molecule has 0 bridgehead atoms. The molecular formula is C14H11FN2O. The Kier molecular flexibility index (Phi) is 3.54. The number of hydrogen-bond donors (Lipinski definition) is 0. The number of rotatable bonds is 3. The van der Waals surface area contributed by atoms with E-state index in [-0.39, 0.29) is 6.61 Å². The SMILES string of the molecule is Cc1ccc(OCc2ccc(C#N)cc2F)nc1. The first-order valence-corrected chi connectivity index (χ1v) is 5.43. The molecule has 18 heavy (non-hydrogen) atoms. The predicted molar refractivity (Wildman–Crippen MR) is 64.4 cm³/mol. The summed E-state index contributed by atoms with van der Waals surface area (Å²) in [5.41, 5.74) is 1.73. The molecule has 0 amide bonds. The number of aryl methyl sites for hydroxylation is 1. The molecule has 1 aromatic carbocycles. The molecule has 3 nitrogen and oxygen atoms in total. The largest absolute Gasteiger partial charge is 0.473 e. The molecule has 0 unspecified atom stereocenters. The number of aromatic nitrogens is 1. The Balaban J connectivity index is 2.06. The van der Waals surface area contributed by atoms with Crippen molar-refractivity contribution in [2.75, 3.05) is 0 Å². The first-order valence-electron chi connectivity index (χ1n) is 5.43. The van der Waals surface area contributed by atoms with Gasteiger partial charge in [0.1, 0.15) is 12.4 Å². The topological polar surface area (TPSA) is 45.9 Å². The third-order valence-electron chi connectivity index (χ3n) is 2.44. The lowest BCUT2D eigenvalue weighted by molar-refractivity contribution is 0.288. The Morgan fingerprint density at radius 1 is 1.33 bits per heavy atom. The minimum atomic E-state index is -0.443. The Bertz CT molecular complexity index is 588. The first kappa shape index (κ1) is 12.1. The molecule has 2 aromatic rings. The van der Waals surface area contributed by atoms with E-state index in [0.29, 0.717) is 17.0 Å². The highest BCUT2D eigenvalue weighted by molar-refractivity contribution is 5.32. The fourth-order valence-electron chi connectivity index (χ4n) is 1.43. The van der Waals surface area contributed by atoms with Gasteiger partial charge in [-0.15, -0.1) is 0 Å². The van der Waals surface area contributed by atoms with E-state index in [1.165, 1.54) is 6.07 Å². The van der Waals surface area contributed by atoms with Gasteiger partial charge in [0.25, 0.3) is 0 Å². The predicted octanol–water partition coefficient (Wildman–Crippen LogP) is 2.98. The van der Waals surface area contributed by atoms with E-state index in [4.69, 9.17) is 10.00 Å². The lowest BCUT2D eigenvalue weighted by Gasteiger charge is -2.06. The van der Waals surface area contributed by atoms with Crippen molar-refractivity contribution in [1.82, 2.24) is 4.98 Å². The molecule has 2 rings (SSSR count). The summed E-state index contributed by atoms with van der Waals surface area (Å²) in [6.45, 7) is 2.02. The number of pyridine rings is 1. The van der Waals surface area contributed by atoms with Gasteiger partial charge in [-0.25, -0.2) is 9.37 Å². The van der Waals surface area contributed by atoms with Crippen LogP contribution in [0.4, 0.5) is 4.39 Å². The average molecular weight is 242 g/mol. The molecule has 0 spiro atoms. The minimum absolute atomic E-state index is 0.0909. The molecule has 0 N–H and O–H groups in total. The van der Waals surface area contributed by atoms with Crippen LogP contribution >= 0.6 is 0 Å². The van der Waals surface area contributed by atoms with Crippen LogP contribution in [0.1, 0.15) is 16.7 Å². The maximum Gasteiger partial charge on any atom is 0.213 e. The number of halogens is 1. The van der Waals surface area contributed by atoms with Crippen LogP contribution in [-0.4, -0.2) is 4.98 Å². The van der Waals surface area contributed by atoms with E-state index < -0.39 is 5.82 Å². The van der Waals surface area contributed by atoms with Gasteiger partial charge in [0, 0.05) is 17.8 Å². The van der Waals surface area contributed by atoms with Crippen molar-refractivity contribution >= 4 is 0 Å². The van der Waals surface area contributed by atoms with Gasteiger partial charge in [-0.05, 0) is 24.6 Å². The lowest BCUT2D eigenvalue weighted by Crippen LogP contribution is -2.00. The zero-order valence-corrected chi connectivity index (χ0v) is 9.85. The molecule has 0 aliphatic rings. The van der Waals surface area contributed by atoms with Gasteiger partial charge in [-0.2, -0.15) is 5.26 Å². The van der Waals surface area contributed by atoms with Gasteiger partial charge in [-0.3, -0.25) is 0 Å². The zero-order valence-electron chi connectivity index (χ0n) is 9.85. The maximum absolute atomic E-state index is 13.6. The highest BCUT2D eigenvalue weighted by atomic mass is 19.1. The Labute approximate surface area is 104 Å². The van der Waals surface area contributed by atoms with Gasteiger partial charge in [0.2, 0.25) is 5.88 Å². The molecule has 0 radical (unpaired) electrons. The number of benzene rings is 1. The van der Waals surface area contributed by atoms with Crippen LogP contribution in [0.2, 0.25) is 0 Å². The summed E-state index contributed by atoms with van der Waals surface area (Å²) in [7, 11) is 0. The monoisotopic (exact) mass is 242 g/mol. The molecule has 0 saturated carbocycles. The molecule has 1 heterocycles. The van der Waals surface area contributed by atoms with E-state index in [1.807, 2.05) is 19.1 Å². The van der Waals surface area contributed by atoms with Crippen molar-refractivity contribution in [1.29, 1.82) is 5.26 Å². The van der Waals surface area contributed by atoms with Crippen molar-refractivity contribution in [3.8, 4) is 11.9 Å². The lowest BCUT2D eigenvalue weighted by atomic mass is 10.1. The fraction of sp³-hybridized carbons (Fsp3) is 0.143. The summed E-state index contributed by atoms with van der Waals surface area (Å²) >= 11 is 0. The molecule has 0 aliphatic carbocycles. The Morgan fingerprint density at radius 3 is 2.78 bits per heavy atom. The van der Waals surface area contributed by atoms with E-state index in [1.54, 1.807) is 24.4 Å². The van der Waals surface area contributed by atoms with Gasteiger partial charge < -0.3 is 4.74 Å². The van der Waals surface area contributed by atoms with Gasteiger partial charge in [0.05, 0.1) is 11.6 Å². The van der Waals surface area contributed by atoms with Gasteiger partial charge in [-0.1, -0.05) is 12.1 Å². The number of nitrogens with zero attached hydrogens (tertiary/aromatic N) is 2. The number of ether oxygens (including phenoxy) is 1. The standard InChI is InChI=1S/C14H11FN2O/c1-10-2-5-14(17-8-10)18-9-12-4-3-11(7-16)6-13(12)15/h2-6,8H,9H2,1H3. The number of nitriles is 1. The average Bonchev–Trinajstić information content (AvgIpc) is 2.39. The van der Waals surface area contributed by atoms with E-state index in [9.17, 15) is 4.39 Å². The second-order valence-electron chi connectivity index (χ2n) is 3.88. The molecule has 0 fully saturated rings. The van der Waals surface area contributed by atoms with Crippen LogP contribution in [0.5, 0.6) is 5.88 Å². The van der Waals surface area contributed by atoms with Crippen LogP contribution in [0.25, 0.3) is 0 Å². The summed E-state index contributed by atoms with van der Waals surface area (Å²) in [6.07, 6.45) is 1.68. The first-order chi connectivity index (χ1) is 8.69. The number of hydrogen-bond acceptors (Lipinski definition) is 3. The summed E-state index contributed by atoms with van der Waals surface area (Å²) in [5.74, 6) is 0.00511. The normalized spacial score (nSPS) is 9.83. The Hall–Kier alpha value is -2.41.